The molecular weight excluding hydrogens is 372 g/mol. The van der Waals surface area contributed by atoms with Gasteiger partial charge in [-0.15, -0.1) is 0 Å². The minimum Gasteiger partial charge on any atom is -0.346 e. The number of benzene rings is 3. The van der Waals surface area contributed by atoms with Crippen LogP contribution in [0.4, 0.5) is 5.69 Å². The lowest BCUT2D eigenvalue weighted by atomic mass is 10.1. The van der Waals surface area contributed by atoms with Crippen LogP contribution in [0.25, 0.3) is 0 Å². The molecule has 0 aromatic heterocycles. The van der Waals surface area contributed by atoms with Crippen LogP contribution in [0.5, 0.6) is 0 Å². The van der Waals surface area contributed by atoms with E-state index in [0.717, 1.165) is 5.56 Å². The molecule has 0 saturated carbocycles. The third-order valence-corrected chi connectivity index (χ3v) is 6.30. The lowest BCUT2D eigenvalue weighted by molar-refractivity contribution is 0.0939. The van der Waals surface area contributed by atoms with Crippen molar-refractivity contribution < 1.29 is 13.2 Å². The van der Waals surface area contributed by atoms with Crippen LogP contribution in [0.2, 0.25) is 0 Å². The molecule has 3 aromatic rings. The number of amides is 1. The highest BCUT2D eigenvalue weighted by atomic mass is 32.2. The van der Waals surface area contributed by atoms with Crippen LogP contribution >= 0.6 is 0 Å². The third-order valence-electron chi connectivity index (χ3n) is 4.52. The number of carbonyl (C=O) groups is 1. The Morgan fingerprint density at radius 3 is 2.14 bits per heavy atom. The molecule has 3 rings (SSSR count). The first-order valence-corrected chi connectivity index (χ1v) is 10.3. The van der Waals surface area contributed by atoms with Crippen molar-refractivity contribution in [3.05, 3.63) is 96.1 Å². The van der Waals surface area contributed by atoms with E-state index in [4.69, 9.17) is 0 Å². The summed E-state index contributed by atoms with van der Waals surface area (Å²) in [4.78, 5) is 12.7. The van der Waals surface area contributed by atoms with Crippen molar-refractivity contribution in [2.24, 2.45) is 0 Å². The van der Waals surface area contributed by atoms with Gasteiger partial charge in [-0.2, -0.15) is 0 Å². The zero-order valence-corrected chi connectivity index (χ0v) is 16.6. The van der Waals surface area contributed by atoms with Crippen LogP contribution in [0.3, 0.4) is 0 Å². The fraction of sp³-hybridized carbons (Fsp3) is 0.136. The standard InChI is InChI=1S/C22H22N2O3S/c1-17(18-10-5-3-6-11-18)23-22(25)19-12-9-15-21(16-19)28(26,27)24(2)20-13-7-4-8-14-20/h3-17H,1-2H3,(H,23,25)/t17-/m1/s1. The molecule has 0 fully saturated rings. The molecular formula is C22H22N2O3S. The summed E-state index contributed by atoms with van der Waals surface area (Å²) in [6, 6.07) is 24.3. The molecule has 0 saturated heterocycles. The second-order valence-electron chi connectivity index (χ2n) is 6.44. The maximum absolute atomic E-state index is 12.9. The molecule has 0 spiro atoms. The van der Waals surface area contributed by atoms with Gasteiger partial charge in [0.15, 0.2) is 0 Å². The number of para-hydroxylation sites is 1. The largest absolute Gasteiger partial charge is 0.346 e. The van der Waals surface area contributed by atoms with Gasteiger partial charge < -0.3 is 5.32 Å². The molecule has 6 heteroatoms. The summed E-state index contributed by atoms with van der Waals surface area (Å²) >= 11 is 0. The predicted molar refractivity (Wildman–Crippen MR) is 111 cm³/mol. The van der Waals surface area contributed by atoms with Gasteiger partial charge in [0.1, 0.15) is 0 Å². The molecule has 0 radical (unpaired) electrons. The van der Waals surface area contributed by atoms with E-state index >= 15 is 0 Å². The normalized spacial score (nSPS) is 12.2. The Kier molecular flexibility index (Phi) is 5.80. The van der Waals surface area contributed by atoms with Gasteiger partial charge in [0, 0.05) is 12.6 Å². The van der Waals surface area contributed by atoms with E-state index in [1.54, 1.807) is 36.4 Å². The molecule has 3 aromatic carbocycles. The Labute approximate surface area is 165 Å². The molecule has 0 bridgehead atoms. The van der Waals surface area contributed by atoms with E-state index in [9.17, 15) is 13.2 Å². The van der Waals surface area contributed by atoms with Gasteiger partial charge in [-0.05, 0) is 42.8 Å². The minimum absolute atomic E-state index is 0.0684. The number of hydrogen-bond donors (Lipinski definition) is 1. The summed E-state index contributed by atoms with van der Waals surface area (Å²) in [5.41, 5.74) is 1.82. The van der Waals surface area contributed by atoms with Gasteiger partial charge in [0.05, 0.1) is 16.6 Å². The second-order valence-corrected chi connectivity index (χ2v) is 8.41. The quantitative estimate of drug-likeness (QED) is 0.687. The Balaban J connectivity index is 1.82. The predicted octanol–water partition coefficient (Wildman–Crippen LogP) is 4.00. The van der Waals surface area contributed by atoms with E-state index in [0.29, 0.717) is 11.3 Å². The molecule has 0 aliphatic rings. The van der Waals surface area contributed by atoms with E-state index in [1.165, 1.54) is 23.5 Å². The molecule has 28 heavy (non-hydrogen) atoms. The third kappa shape index (κ3) is 4.23. The average molecular weight is 394 g/mol. The van der Waals surface area contributed by atoms with Crippen LogP contribution < -0.4 is 9.62 Å². The molecule has 1 atom stereocenters. The lowest BCUT2D eigenvalue weighted by Crippen LogP contribution is -2.28. The van der Waals surface area contributed by atoms with Crippen molar-refractivity contribution in [2.45, 2.75) is 17.9 Å². The first kappa shape index (κ1) is 19.6. The zero-order chi connectivity index (χ0) is 20.1. The molecule has 5 nitrogen and oxygen atoms in total. The molecule has 144 valence electrons. The number of nitrogens with zero attached hydrogens (tertiary/aromatic N) is 1. The van der Waals surface area contributed by atoms with Crippen molar-refractivity contribution in [3.8, 4) is 0 Å². The highest BCUT2D eigenvalue weighted by Crippen LogP contribution is 2.22. The van der Waals surface area contributed by atoms with Crippen LogP contribution in [0.15, 0.2) is 89.8 Å². The Morgan fingerprint density at radius 1 is 0.893 bits per heavy atom. The number of carbonyl (C=O) groups excluding carboxylic acids is 1. The summed E-state index contributed by atoms with van der Waals surface area (Å²) in [6.45, 7) is 1.89. The summed E-state index contributed by atoms with van der Waals surface area (Å²) < 4.78 is 27.1. The van der Waals surface area contributed by atoms with Crippen molar-refractivity contribution >= 4 is 21.6 Å². The van der Waals surface area contributed by atoms with Gasteiger partial charge in [0.2, 0.25) is 0 Å². The fourth-order valence-corrected chi connectivity index (χ4v) is 4.08. The molecule has 0 aliphatic carbocycles. The molecule has 0 unspecified atom stereocenters. The Bertz CT molecular complexity index is 1050. The van der Waals surface area contributed by atoms with E-state index < -0.39 is 10.0 Å². The second kappa shape index (κ2) is 8.27. The average Bonchev–Trinajstić information content (AvgIpc) is 2.74. The van der Waals surface area contributed by atoms with E-state index in [-0.39, 0.29) is 16.8 Å². The minimum atomic E-state index is -3.78. The van der Waals surface area contributed by atoms with Crippen molar-refractivity contribution in [1.82, 2.24) is 5.32 Å². The monoisotopic (exact) mass is 394 g/mol. The number of rotatable bonds is 6. The van der Waals surface area contributed by atoms with Gasteiger partial charge >= 0.3 is 0 Å². The molecule has 1 amide bonds. The SMILES string of the molecule is C[C@@H](NC(=O)c1cccc(S(=O)(=O)N(C)c2ccccc2)c1)c1ccccc1. The van der Waals surface area contributed by atoms with Crippen molar-refractivity contribution in [2.75, 3.05) is 11.4 Å². The Morgan fingerprint density at radius 2 is 1.50 bits per heavy atom. The zero-order valence-electron chi connectivity index (χ0n) is 15.7. The number of sulfonamides is 1. The van der Waals surface area contributed by atoms with Crippen LogP contribution in [0, 0.1) is 0 Å². The van der Waals surface area contributed by atoms with Crippen LogP contribution in [0.1, 0.15) is 28.9 Å². The van der Waals surface area contributed by atoms with Gasteiger partial charge in [-0.25, -0.2) is 8.42 Å². The van der Waals surface area contributed by atoms with Crippen LogP contribution in [-0.4, -0.2) is 21.4 Å². The van der Waals surface area contributed by atoms with Crippen LogP contribution in [-0.2, 0) is 10.0 Å². The lowest BCUT2D eigenvalue weighted by Gasteiger charge is -2.20. The smallest absolute Gasteiger partial charge is 0.264 e. The number of nitrogens with one attached hydrogen (secondary N) is 1. The van der Waals surface area contributed by atoms with Gasteiger partial charge in [0.25, 0.3) is 15.9 Å². The first-order chi connectivity index (χ1) is 13.4. The highest BCUT2D eigenvalue weighted by molar-refractivity contribution is 7.92. The summed E-state index contributed by atoms with van der Waals surface area (Å²) in [5.74, 6) is -0.323. The fourth-order valence-electron chi connectivity index (χ4n) is 2.84. The van der Waals surface area contributed by atoms with E-state index in [2.05, 4.69) is 5.32 Å². The molecule has 0 heterocycles. The van der Waals surface area contributed by atoms with Gasteiger partial charge in [-0.3, -0.25) is 9.10 Å². The Hall–Kier alpha value is -3.12. The maximum Gasteiger partial charge on any atom is 0.264 e. The highest BCUT2D eigenvalue weighted by Gasteiger charge is 2.22. The van der Waals surface area contributed by atoms with Crippen molar-refractivity contribution in [3.63, 3.8) is 0 Å². The summed E-state index contributed by atoms with van der Waals surface area (Å²) in [6.07, 6.45) is 0. The molecule has 1 N–H and O–H groups in total. The summed E-state index contributed by atoms with van der Waals surface area (Å²) in [7, 11) is -2.28. The van der Waals surface area contributed by atoms with Crippen molar-refractivity contribution in [1.29, 1.82) is 0 Å². The molecule has 0 aliphatic heterocycles. The summed E-state index contributed by atoms with van der Waals surface area (Å²) in [5, 5.41) is 2.90. The first-order valence-electron chi connectivity index (χ1n) is 8.89. The van der Waals surface area contributed by atoms with Gasteiger partial charge in [-0.1, -0.05) is 54.6 Å². The number of hydrogen-bond acceptors (Lipinski definition) is 3. The van der Waals surface area contributed by atoms with E-state index in [1.807, 2.05) is 43.3 Å². The number of anilines is 1. The topological polar surface area (TPSA) is 66.5 Å². The maximum atomic E-state index is 12.9.